The quantitative estimate of drug-likeness (QED) is 0.228. The second-order valence-corrected chi connectivity index (χ2v) is 1.86. The summed E-state index contributed by atoms with van der Waals surface area (Å²) in [4.78, 5) is 2.56. The van der Waals surface area contributed by atoms with Gasteiger partial charge in [0.15, 0.2) is 0 Å². The van der Waals surface area contributed by atoms with E-state index in [0.29, 0.717) is 5.03 Å². The standard InChI is InChI=1S/C4HN3S/c5-7-6-4-2-1-3-8-4/h3H. The van der Waals surface area contributed by atoms with Gasteiger partial charge in [-0.2, -0.15) is 0 Å². The van der Waals surface area contributed by atoms with E-state index in [-0.39, 0.29) is 0 Å². The Hall–Kier alpha value is -1.04. The molecule has 1 heterocycles. The van der Waals surface area contributed by atoms with Gasteiger partial charge in [0.25, 0.3) is 0 Å². The SMILES string of the molecule is [N-]=[N+]=NC1=C=C=CS1. The van der Waals surface area contributed by atoms with Crippen molar-refractivity contribution in [2.75, 3.05) is 0 Å². The maximum Gasteiger partial charge on any atom is 0.126 e. The molecule has 0 unspecified atom stereocenters. The molecule has 0 bridgehead atoms. The lowest BCUT2D eigenvalue weighted by Crippen LogP contribution is -1.51. The van der Waals surface area contributed by atoms with Gasteiger partial charge in [-0.1, -0.05) is 23.2 Å². The first-order valence-corrected chi connectivity index (χ1v) is 2.73. The van der Waals surface area contributed by atoms with Gasteiger partial charge in [0, 0.05) is 10.3 Å². The molecule has 1 aliphatic heterocycles. The molecule has 1 aliphatic rings. The molecule has 0 atom stereocenters. The summed E-state index contributed by atoms with van der Waals surface area (Å²) in [5, 5.41) is 5.50. The minimum atomic E-state index is 0.535. The van der Waals surface area contributed by atoms with Crippen LogP contribution in [0.5, 0.6) is 0 Å². The average Bonchev–Trinajstić information content (AvgIpc) is 2.19. The highest BCUT2D eigenvalue weighted by Crippen LogP contribution is 2.19. The van der Waals surface area contributed by atoms with E-state index in [1.54, 1.807) is 5.41 Å². The number of azide groups is 1. The van der Waals surface area contributed by atoms with Crippen LogP contribution in [0.4, 0.5) is 0 Å². The molecule has 0 N–H and O–H groups in total. The van der Waals surface area contributed by atoms with Crippen LogP contribution in [-0.2, 0) is 0 Å². The molecule has 0 aromatic carbocycles. The number of thioether (sulfide) groups is 1. The molecule has 0 aromatic heterocycles. The zero-order valence-electron chi connectivity index (χ0n) is 3.83. The third-order valence-corrected chi connectivity index (χ3v) is 1.19. The van der Waals surface area contributed by atoms with Crippen molar-refractivity contribution in [3.05, 3.63) is 32.3 Å². The maximum absolute atomic E-state index is 7.87. The Morgan fingerprint density at radius 1 is 1.88 bits per heavy atom. The average molecular weight is 123 g/mol. The molecule has 0 radical (unpaired) electrons. The maximum atomic E-state index is 7.87. The molecule has 1 rings (SSSR count). The zero-order valence-corrected chi connectivity index (χ0v) is 4.64. The van der Waals surface area contributed by atoms with Crippen LogP contribution in [0.3, 0.4) is 0 Å². The van der Waals surface area contributed by atoms with E-state index in [1.165, 1.54) is 11.8 Å². The molecule has 4 heteroatoms. The molecular weight excluding hydrogens is 122 g/mol. The Bertz CT molecular complexity index is 236. The minimum absolute atomic E-state index is 0.535. The smallest absolute Gasteiger partial charge is 0.0777 e. The van der Waals surface area contributed by atoms with E-state index in [9.17, 15) is 0 Å². The Labute approximate surface area is 50.0 Å². The third-order valence-electron chi connectivity index (χ3n) is 0.544. The molecule has 8 heavy (non-hydrogen) atoms. The van der Waals surface area contributed by atoms with E-state index in [1.807, 2.05) is 0 Å². The fourth-order valence-corrected chi connectivity index (χ4v) is 0.726. The largest absolute Gasteiger partial charge is 0.126 e. The van der Waals surface area contributed by atoms with E-state index in [0.717, 1.165) is 0 Å². The van der Waals surface area contributed by atoms with Crippen LogP contribution in [-0.4, -0.2) is 0 Å². The van der Waals surface area contributed by atoms with Crippen LogP contribution in [0, 0.1) is 0 Å². The molecule has 0 saturated carbocycles. The normalized spacial score (nSPS) is 13.2. The molecule has 0 fully saturated rings. The summed E-state index contributed by atoms with van der Waals surface area (Å²) in [6.45, 7) is 0. The van der Waals surface area contributed by atoms with Crippen molar-refractivity contribution < 1.29 is 0 Å². The summed E-state index contributed by atoms with van der Waals surface area (Å²) in [5.74, 6) is 0. The van der Waals surface area contributed by atoms with Crippen molar-refractivity contribution in [3.63, 3.8) is 0 Å². The highest BCUT2D eigenvalue weighted by molar-refractivity contribution is 8.05. The van der Waals surface area contributed by atoms with Crippen LogP contribution < -0.4 is 0 Å². The summed E-state index contributed by atoms with van der Waals surface area (Å²) in [5.41, 5.74) is 13.1. The molecule has 0 aliphatic carbocycles. The van der Waals surface area contributed by atoms with Crippen LogP contribution in [0.25, 0.3) is 10.4 Å². The van der Waals surface area contributed by atoms with Crippen molar-refractivity contribution >= 4 is 11.8 Å². The highest BCUT2D eigenvalue weighted by Gasteiger charge is 1.90. The van der Waals surface area contributed by atoms with Gasteiger partial charge in [0.1, 0.15) is 5.03 Å². The number of nitrogens with zero attached hydrogens (tertiary/aromatic N) is 3. The van der Waals surface area contributed by atoms with Gasteiger partial charge < -0.3 is 0 Å². The van der Waals surface area contributed by atoms with Crippen molar-refractivity contribution in [1.82, 2.24) is 0 Å². The fraction of sp³-hybridized carbons (Fsp3) is 0. The molecule has 3 nitrogen and oxygen atoms in total. The van der Waals surface area contributed by atoms with E-state index in [4.69, 9.17) is 5.53 Å². The first-order chi connectivity index (χ1) is 3.93. The second kappa shape index (κ2) is 2.31. The minimum Gasteiger partial charge on any atom is -0.0777 e. The van der Waals surface area contributed by atoms with Crippen molar-refractivity contribution in [2.45, 2.75) is 0 Å². The van der Waals surface area contributed by atoms with Crippen molar-refractivity contribution in [1.29, 1.82) is 0 Å². The summed E-state index contributed by atoms with van der Waals surface area (Å²) in [6.07, 6.45) is 0. The molecule has 0 aromatic rings. The van der Waals surface area contributed by atoms with Crippen molar-refractivity contribution in [3.8, 4) is 0 Å². The predicted octanol–water partition coefficient (Wildman–Crippen LogP) is 2.15. The topological polar surface area (TPSA) is 48.8 Å². The van der Waals surface area contributed by atoms with Gasteiger partial charge in [-0.05, 0) is 10.6 Å². The lowest BCUT2D eigenvalue weighted by Gasteiger charge is -1.77. The van der Waals surface area contributed by atoms with Gasteiger partial charge in [0.05, 0.1) is 0 Å². The highest BCUT2D eigenvalue weighted by atomic mass is 32.2. The number of hydrogen-bond acceptors (Lipinski definition) is 2. The molecular formula is C4HN3S. The fourth-order valence-electron chi connectivity index (χ4n) is 0.295. The van der Waals surface area contributed by atoms with Crippen LogP contribution in [0.1, 0.15) is 0 Å². The Morgan fingerprint density at radius 2 is 2.75 bits per heavy atom. The third kappa shape index (κ3) is 0.969. The van der Waals surface area contributed by atoms with Gasteiger partial charge in [-0.3, -0.25) is 0 Å². The first-order valence-electron chi connectivity index (χ1n) is 1.85. The summed E-state index contributed by atoms with van der Waals surface area (Å²) in [7, 11) is 0. The van der Waals surface area contributed by atoms with E-state index < -0.39 is 0 Å². The monoisotopic (exact) mass is 123 g/mol. The lowest BCUT2D eigenvalue weighted by atomic mass is 10.8. The van der Waals surface area contributed by atoms with Gasteiger partial charge >= 0.3 is 0 Å². The van der Waals surface area contributed by atoms with Gasteiger partial charge in [-0.15, -0.1) is 0 Å². The predicted molar refractivity (Wildman–Crippen MR) is 31.8 cm³/mol. The molecule has 0 amide bonds. The van der Waals surface area contributed by atoms with Crippen LogP contribution in [0.15, 0.2) is 27.0 Å². The van der Waals surface area contributed by atoms with E-state index >= 15 is 0 Å². The van der Waals surface area contributed by atoms with Gasteiger partial charge in [0.2, 0.25) is 0 Å². The van der Waals surface area contributed by atoms with Crippen LogP contribution >= 0.6 is 11.8 Å². The zero-order chi connectivity index (χ0) is 5.82. The van der Waals surface area contributed by atoms with Gasteiger partial charge in [-0.25, -0.2) is 0 Å². The van der Waals surface area contributed by atoms with Crippen molar-refractivity contribution in [2.24, 2.45) is 5.11 Å². The summed E-state index contributed by atoms with van der Waals surface area (Å²) in [6, 6.07) is 0. The first kappa shape index (κ1) is 5.10. The second-order valence-electron chi connectivity index (χ2n) is 1.000. The lowest BCUT2D eigenvalue weighted by molar-refractivity contribution is 1.49. The molecule has 0 spiro atoms. The Balaban J connectivity index is 2.93. The Kier molecular flexibility index (Phi) is 1.48. The number of rotatable bonds is 1. The number of hydrogen-bond donors (Lipinski definition) is 0. The van der Waals surface area contributed by atoms with E-state index in [2.05, 4.69) is 21.5 Å². The summed E-state index contributed by atoms with van der Waals surface area (Å²) >= 11 is 1.32. The summed E-state index contributed by atoms with van der Waals surface area (Å²) < 4.78 is 0. The van der Waals surface area contributed by atoms with Crippen LogP contribution in [0.2, 0.25) is 0 Å². The Morgan fingerprint density at radius 3 is 3.25 bits per heavy atom. The molecule has 0 saturated heterocycles. The molecule has 38 valence electrons.